The molecule has 0 bridgehead atoms. The minimum atomic E-state index is -1.06. The van der Waals surface area contributed by atoms with Crippen molar-refractivity contribution in [3.8, 4) is 12.1 Å². The van der Waals surface area contributed by atoms with Crippen LogP contribution in [0, 0.1) is 12.1 Å². The number of rotatable bonds is 3. The Hall–Kier alpha value is -1.83. The fraction of sp³-hybridized carbons (Fsp3) is 0.333. The van der Waals surface area contributed by atoms with Gasteiger partial charge in [-0.3, -0.25) is 4.79 Å². The summed E-state index contributed by atoms with van der Waals surface area (Å²) in [4.78, 5) is 23.1. The molecule has 76 valence electrons. The number of halogens is 1. The number of nitrogens with zero attached hydrogens (tertiary/aromatic N) is 1. The summed E-state index contributed by atoms with van der Waals surface area (Å²) in [6, 6.07) is 0. The van der Waals surface area contributed by atoms with Crippen LogP contribution < -0.4 is 0 Å². The van der Waals surface area contributed by atoms with Crippen LogP contribution in [0.1, 0.15) is 0 Å². The van der Waals surface area contributed by atoms with Crippen molar-refractivity contribution in [3.05, 3.63) is 12.7 Å². The first-order chi connectivity index (χ1) is 6.63. The van der Waals surface area contributed by atoms with E-state index in [2.05, 4.69) is 11.3 Å². The summed E-state index contributed by atoms with van der Waals surface area (Å²) < 4.78 is 15.6. The highest BCUT2D eigenvalue weighted by molar-refractivity contribution is 6.32. The van der Waals surface area contributed by atoms with Gasteiger partial charge in [-0.2, -0.15) is 0 Å². The topological polar surface area (TPSA) is 46.6 Å². The highest BCUT2D eigenvalue weighted by Gasteiger charge is 2.18. The summed E-state index contributed by atoms with van der Waals surface area (Å²) in [6.45, 7) is 3.21. The molecular formula is C9H10FNO3. The highest BCUT2D eigenvalue weighted by Crippen LogP contribution is 1.88. The Morgan fingerprint density at radius 1 is 1.64 bits per heavy atom. The molecule has 0 aromatic carbocycles. The molecule has 5 heteroatoms. The van der Waals surface area contributed by atoms with Gasteiger partial charge in [-0.15, -0.1) is 11.0 Å². The molecule has 0 N–H and O–H groups in total. The molecule has 0 aliphatic rings. The molecule has 1 amide bonds. The van der Waals surface area contributed by atoms with Gasteiger partial charge in [0.25, 0.3) is 0 Å². The SMILES string of the molecule is C=CCN(C)C(=O)C(=O)OCC#CF. The van der Waals surface area contributed by atoms with Gasteiger partial charge < -0.3 is 9.64 Å². The van der Waals surface area contributed by atoms with Crippen LogP contribution in [0.4, 0.5) is 4.39 Å². The Morgan fingerprint density at radius 3 is 2.79 bits per heavy atom. The zero-order valence-electron chi connectivity index (χ0n) is 7.75. The lowest BCUT2D eigenvalue weighted by molar-refractivity contribution is -0.158. The number of carbonyl (C=O) groups is 2. The molecule has 14 heavy (non-hydrogen) atoms. The third kappa shape index (κ3) is 4.26. The van der Waals surface area contributed by atoms with Crippen molar-refractivity contribution in [2.24, 2.45) is 0 Å². The standard InChI is InChI=1S/C9H10FNO3/c1-3-6-11(2)8(12)9(13)14-7-4-5-10/h3H,1,6-7H2,2H3. The summed E-state index contributed by atoms with van der Waals surface area (Å²) in [7, 11) is 1.42. The summed E-state index contributed by atoms with van der Waals surface area (Å²) in [5, 5.41) is 0. The van der Waals surface area contributed by atoms with E-state index in [1.54, 1.807) is 0 Å². The molecule has 0 unspecified atom stereocenters. The summed E-state index contributed by atoms with van der Waals surface area (Å²) in [5.74, 6) is -0.0182. The minimum absolute atomic E-state index is 0.239. The molecule has 0 spiro atoms. The number of carbonyl (C=O) groups excluding carboxylic acids is 2. The lowest BCUT2D eigenvalue weighted by Gasteiger charge is -2.12. The second-order valence-electron chi connectivity index (χ2n) is 2.32. The van der Waals surface area contributed by atoms with Gasteiger partial charge in [-0.1, -0.05) is 6.08 Å². The second-order valence-corrected chi connectivity index (χ2v) is 2.32. The molecule has 0 atom stereocenters. The Balaban J connectivity index is 4.02. The molecule has 0 heterocycles. The first kappa shape index (κ1) is 12.2. The van der Waals surface area contributed by atoms with Crippen molar-refractivity contribution in [1.82, 2.24) is 4.90 Å². The van der Waals surface area contributed by atoms with Gasteiger partial charge in [-0.05, 0) is 5.92 Å². The van der Waals surface area contributed by atoms with E-state index in [0.29, 0.717) is 0 Å². The van der Waals surface area contributed by atoms with Gasteiger partial charge in [0.15, 0.2) is 6.61 Å². The summed E-state index contributed by atoms with van der Waals surface area (Å²) in [5.41, 5.74) is 0. The van der Waals surface area contributed by atoms with Crippen LogP contribution >= 0.6 is 0 Å². The number of hydrogen-bond acceptors (Lipinski definition) is 3. The molecule has 0 saturated heterocycles. The van der Waals surface area contributed by atoms with E-state index in [1.807, 2.05) is 5.92 Å². The smallest absolute Gasteiger partial charge is 0.397 e. The van der Waals surface area contributed by atoms with Gasteiger partial charge >= 0.3 is 11.9 Å². The van der Waals surface area contributed by atoms with Gasteiger partial charge in [-0.25, -0.2) is 4.79 Å². The van der Waals surface area contributed by atoms with Gasteiger partial charge in [0.2, 0.25) is 0 Å². The van der Waals surface area contributed by atoms with Gasteiger partial charge in [0, 0.05) is 13.6 Å². The molecule has 0 fully saturated rings. The van der Waals surface area contributed by atoms with Crippen molar-refractivity contribution in [1.29, 1.82) is 0 Å². The molecule has 0 radical (unpaired) electrons. The zero-order chi connectivity index (χ0) is 11.0. The van der Waals surface area contributed by atoms with Crippen LogP contribution in [0.15, 0.2) is 12.7 Å². The Bertz CT molecular complexity index is 290. The predicted octanol–water partition coefficient (Wildman–Crippen LogP) is 0.104. The summed E-state index contributed by atoms with van der Waals surface area (Å²) in [6.07, 6.45) is 2.51. The number of esters is 1. The first-order valence-electron chi connectivity index (χ1n) is 3.75. The van der Waals surface area contributed by atoms with E-state index in [-0.39, 0.29) is 6.54 Å². The maximum Gasteiger partial charge on any atom is 0.397 e. The monoisotopic (exact) mass is 199 g/mol. The average Bonchev–Trinajstić information content (AvgIpc) is 2.17. The van der Waals surface area contributed by atoms with Crippen molar-refractivity contribution in [3.63, 3.8) is 0 Å². The van der Waals surface area contributed by atoms with Crippen LogP contribution in [-0.2, 0) is 14.3 Å². The quantitative estimate of drug-likeness (QED) is 0.280. The molecule has 0 rings (SSSR count). The maximum absolute atomic E-state index is 11.3. The molecule has 0 aromatic heterocycles. The van der Waals surface area contributed by atoms with Gasteiger partial charge in [0.05, 0.1) is 0 Å². The van der Waals surface area contributed by atoms with Crippen molar-refractivity contribution in [2.75, 3.05) is 20.2 Å². The van der Waals surface area contributed by atoms with Crippen LogP contribution in [0.25, 0.3) is 0 Å². The molecule has 4 nitrogen and oxygen atoms in total. The third-order valence-electron chi connectivity index (χ3n) is 1.27. The number of hydrogen-bond donors (Lipinski definition) is 0. The number of likely N-dealkylation sites (N-methyl/N-ethyl adjacent to an activating group) is 1. The number of ether oxygens (including phenoxy) is 1. The van der Waals surface area contributed by atoms with Crippen molar-refractivity contribution >= 4 is 11.9 Å². The average molecular weight is 199 g/mol. The lowest BCUT2D eigenvalue weighted by Crippen LogP contribution is -2.34. The maximum atomic E-state index is 11.3. The largest absolute Gasteiger partial charge is 0.445 e. The van der Waals surface area contributed by atoms with E-state index in [1.165, 1.54) is 13.1 Å². The second kappa shape index (κ2) is 6.66. The van der Waals surface area contributed by atoms with Crippen LogP contribution in [-0.4, -0.2) is 37.0 Å². The predicted molar refractivity (Wildman–Crippen MR) is 47.7 cm³/mol. The Labute approximate surface area is 81.3 Å². The minimum Gasteiger partial charge on any atom is -0.445 e. The normalized spacial score (nSPS) is 8.14. The van der Waals surface area contributed by atoms with E-state index in [0.717, 1.165) is 11.1 Å². The van der Waals surface area contributed by atoms with Crippen molar-refractivity contribution in [2.45, 2.75) is 0 Å². The zero-order valence-corrected chi connectivity index (χ0v) is 7.75. The van der Waals surface area contributed by atoms with E-state index < -0.39 is 18.5 Å². The number of amides is 1. The fourth-order valence-corrected chi connectivity index (χ4v) is 0.623. The third-order valence-corrected chi connectivity index (χ3v) is 1.27. The molecular weight excluding hydrogens is 189 g/mol. The molecule has 0 aliphatic carbocycles. The molecule has 0 saturated carbocycles. The van der Waals surface area contributed by atoms with E-state index in [4.69, 9.17) is 0 Å². The van der Waals surface area contributed by atoms with Crippen LogP contribution in [0.2, 0.25) is 0 Å². The fourth-order valence-electron chi connectivity index (χ4n) is 0.623. The molecule has 0 aromatic rings. The van der Waals surface area contributed by atoms with Gasteiger partial charge in [0.1, 0.15) is 6.17 Å². The Kier molecular flexibility index (Phi) is 5.79. The van der Waals surface area contributed by atoms with E-state index in [9.17, 15) is 14.0 Å². The lowest BCUT2D eigenvalue weighted by atomic mass is 10.5. The Morgan fingerprint density at radius 2 is 2.29 bits per heavy atom. The summed E-state index contributed by atoms with van der Waals surface area (Å²) >= 11 is 0. The highest BCUT2D eigenvalue weighted by atomic mass is 19.1. The van der Waals surface area contributed by atoms with Crippen molar-refractivity contribution < 1.29 is 18.7 Å². The first-order valence-corrected chi connectivity index (χ1v) is 3.75. The van der Waals surface area contributed by atoms with E-state index >= 15 is 0 Å². The van der Waals surface area contributed by atoms with Crippen LogP contribution in [0.3, 0.4) is 0 Å². The molecule has 0 aliphatic heterocycles. The van der Waals surface area contributed by atoms with Crippen LogP contribution in [0.5, 0.6) is 0 Å².